The molecule has 1 aromatic heterocycles. The number of hydrogen-bond acceptors (Lipinski definition) is 2. The van der Waals surface area contributed by atoms with Crippen LogP contribution >= 0.6 is 11.3 Å². The van der Waals surface area contributed by atoms with Gasteiger partial charge in [0.25, 0.3) is 0 Å². The molecule has 1 nitrogen and oxygen atoms in total. The summed E-state index contributed by atoms with van der Waals surface area (Å²) in [6, 6.07) is 27.2. The summed E-state index contributed by atoms with van der Waals surface area (Å²) in [4.78, 5) is 5.02. The van der Waals surface area contributed by atoms with E-state index in [2.05, 4.69) is 84.8 Å². The minimum atomic E-state index is -0.283. The molecule has 0 radical (unpaired) electrons. The number of hydrogen-bond donors (Lipinski definition) is 0. The van der Waals surface area contributed by atoms with Crippen LogP contribution in [0.15, 0.2) is 97.1 Å². The summed E-state index contributed by atoms with van der Waals surface area (Å²) in [5, 5.41) is 1.12. The maximum atomic E-state index is 5.57. The molecule has 0 saturated carbocycles. The van der Waals surface area contributed by atoms with Crippen molar-refractivity contribution in [2.75, 3.05) is 0 Å². The van der Waals surface area contributed by atoms with Gasteiger partial charge >= 0.3 is 0 Å². The van der Waals surface area contributed by atoms with Crippen LogP contribution in [0.3, 0.4) is 0 Å². The van der Waals surface area contributed by atoms with Crippen molar-refractivity contribution in [3.05, 3.63) is 119 Å². The van der Waals surface area contributed by atoms with Crippen LogP contribution in [0, 0.1) is 12.3 Å². The highest BCUT2D eigenvalue weighted by molar-refractivity contribution is 7.18. The Morgan fingerprint density at radius 3 is 2.34 bits per heavy atom. The molecule has 1 aliphatic carbocycles. The highest BCUT2D eigenvalue weighted by Gasteiger charge is 2.36. The van der Waals surface area contributed by atoms with Crippen LogP contribution in [-0.4, -0.2) is 4.98 Å². The zero-order valence-electron chi connectivity index (χ0n) is 15.9. The molecule has 5 rings (SSSR count). The van der Waals surface area contributed by atoms with E-state index < -0.39 is 0 Å². The highest BCUT2D eigenvalue weighted by atomic mass is 32.1. The summed E-state index contributed by atoms with van der Waals surface area (Å²) in [6.07, 6.45) is 13.3. The van der Waals surface area contributed by atoms with E-state index in [4.69, 9.17) is 11.4 Å². The number of benzene rings is 3. The second kappa shape index (κ2) is 7.20. The lowest BCUT2D eigenvalue weighted by molar-refractivity contribution is 0.645. The minimum absolute atomic E-state index is 0.283. The molecule has 1 atom stereocenters. The Kier molecular flexibility index (Phi) is 4.39. The molecule has 0 spiro atoms. The summed E-state index contributed by atoms with van der Waals surface area (Å²) >= 11 is 1.77. The Bertz CT molecular complexity index is 1240. The molecule has 0 amide bonds. The predicted molar refractivity (Wildman–Crippen MR) is 123 cm³/mol. The number of rotatable bonds is 3. The first-order valence-corrected chi connectivity index (χ1v) is 10.5. The summed E-state index contributed by atoms with van der Waals surface area (Å²) in [5.74, 6) is 2.72. The molecule has 4 aromatic rings. The molecular formula is C27H19NS. The van der Waals surface area contributed by atoms with Crippen LogP contribution in [0.4, 0.5) is 0 Å². The Morgan fingerprint density at radius 2 is 1.66 bits per heavy atom. The van der Waals surface area contributed by atoms with E-state index in [-0.39, 0.29) is 5.41 Å². The van der Waals surface area contributed by atoms with E-state index in [0.29, 0.717) is 0 Å². The zero-order chi connectivity index (χ0) is 19.7. The van der Waals surface area contributed by atoms with Gasteiger partial charge in [0.05, 0.1) is 15.6 Å². The number of allylic oxidation sites excluding steroid dienone is 4. The van der Waals surface area contributed by atoms with E-state index in [9.17, 15) is 0 Å². The van der Waals surface area contributed by atoms with Gasteiger partial charge in [0.15, 0.2) is 0 Å². The normalized spacial score (nSPS) is 18.4. The van der Waals surface area contributed by atoms with Gasteiger partial charge in [-0.15, -0.1) is 17.8 Å². The molecule has 0 bridgehead atoms. The fraction of sp³-hybridized carbons (Fsp3) is 0.0741. The highest BCUT2D eigenvalue weighted by Crippen LogP contribution is 2.44. The molecule has 29 heavy (non-hydrogen) atoms. The zero-order valence-corrected chi connectivity index (χ0v) is 16.7. The molecule has 138 valence electrons. The topological polar surface area (TPSA) is 12.9 Å². The lowest BCUT2D eigenvalue weighted by atomic mass is 9.74. The van der Waals surface area contributed by atoms with Gasteiger partial charge in [0.1, 0.15) is 5.01 Å². The Balaban J connectivity index is 1.64. The fourth-order valence-electron chi connectivity index (χ4n) is 3.91. The molecule has 1 heterocycles. The lowest BCUT2D eigenvalue weighted by Gasteiger charge is -2.31. The predicted octanol–water partition coefficient (Wildman–Crippen LogP) is 6.61. The van der Waals surface area contributed by atoms with Crippen LogP contribution in [0.5, 0.6) is 0 Å². The van der Waals surface area contributed by atoms with Crippen LogP contribution in [0.1, 0.15) is 28.1 Å². The van der Waals surface area contributed by atoms with Crippen molar-refractivity contribution >= 4 is 27.1 Å². The van der Waals surface area contributed by atoms with Crippen molar-refractivity contribution in [2.24, 2.45) is 0 Å². The maximum absolute atomic E-state index is 5.57. The summed E-state index contributed by atoms with van der Waals surface area (Å²) in [5.41, 5.74) is 5.38. The quantitative estimate of drug-likeness (QED) is 0.359. The number of terminal acetylenes is 1. The second-order valence-corrected chi connectivity index (χ2v) is 8.27. The summed E-state index contributed by atoms with van der Waals surface area (Å²) in [6.45, 7) is 0. The summed E-state index contributed by atoms with van der Waals surface area (Å²) in [7, 11) is 0. The van der Waals surface area contributed by atoms with Gasteiger partial charge in [0, 0.05) is 5.56 Å². The van der Waals surface area contributed by atoms with E-state index in [1.807, 2.05) is 18.2 Å². The van der Waals surface area contributed by atoms with E-state index >= 15 is 0 Å². The molecule has 1 unspecified atom stereocenters. The van der Waals surface area contributed by atoms with Crippen LogP contribution < -0.4 is 0 Å². The minimum Gasteiger partial charge on any atom is -0.240 e. The summed E-state index contributed by atoms with van der Waals surface area (Å²) < 4.78 is 1.22. The second-order valence-electron chi connectivity index (χ2n) is 7.24. The Morgan fingerprint density at radius 1 is 0.897 bits per heavy atom. The maximum Gasteiger partial charge on any atom is 0.109 e. The van der Waals surface area contributed by atoms with Gasteiger partial charge in [0.2, 0.25) is 0 Å². The van der Waals surface area contributed by atoms with E-state index in [0.717, 1.165) is 22.5 Å². The van der Waals surface area contributed by atoms with E-state index in [1.165, 1.54) is 21.4 Å². The first-order valence-electron chi connectivity index (χ1n) is 9.66. The number of thiazole rings is 1. The third-order valence-electron chi connectivity index (χ3n) is 5.54. The molecular weight excluding hydrogens is 370 g/mol. The first kappa shape index (κ1) is 17.7. The van der Waals surface area contributed by atoms with Gasteiger partial charge < -0.3 is 0 Å². The van der Waals surface area contributed by atoms with Crippen LogP contribution in [0.25, 0.3) is 15.8 Å². The van der Waals surface area contributed by atoms with E-state index in [1.54, 1.807) is 11.3 Å². The number of nitrogens with zero attached hydrogens (tertiary/aromatic N) is 1. The molecule has 0 aliphatic heterocycles. The molecule has 1 aliphatic rings. The van der Waals surface area contributed by atoms with Crippen molar-refractivity contribution in [1.29, 1.82) is 0 Å². The Labute approximate surface area is 175 Å². The van der Waals surface area contributed by atoms with Gasteiger partial charge in [-0.1, -0.05) is 78.7 Å². The van der Waals surface area contributed by atoms with Crippen molar-refractivity contribution in [1.82, 2.24) is 4.98 Å². The monoisotopic (exact) mass is 389 g/mol. The largest absolute Gasteiger partial charge is 0.240 e. The number of para-hydroxylation sites is 1. The number of fused-ring (bicyclic) bond motifs is 1. The van der Waals surface area contributed by atoms with Crippen molar-refractivity contribution in [2.45, 2.75) is 11.8 Å². The fourth-order valence-corrected chi connectivity index (χ4v) is 5.08. The third-order valence-corrected chi connectivity index (χ3v) is 6.75. The van der Waals surface area contributed by atoms with Gasteiger partial charge in [-0.05, 0) is 47.4 Å². The molecule has 2 heteroatoms. The van der Waals surface area contributed by atoms with Crippen molar-refractivity contribution in [3.8, 4) is 12.3 Å². The van der Waals surface area contributed by atoms with Crippen molar-refractivity contribution in [3.63, 3.8) is 0 Å². The molecule has 0 fully saturated rings. The molecule has 3 aromatic carbocycles. The smallest absolute Gasteiger partial charge is 0.109 e. The average Bonchev–Trinajstić information content (AvgIpc) is 3.25. The lowest BCUT2D eigenvalue weighted by Crippen LogP contribution is -2.26. The van der Waals surface area contributed by atoms with Gasteiger partial charge in [-0.25, -0.2) is 4.98 Å². The van der Waals surface area contributed by atoms with Gasteiger partial charge in [-0.3, -0.25) is 0 Å². The van der Waals surface area contributed by atoms with Gasteiger partial charge in [-0.2, -0.15) is 0 Å². The third kappa shape index (κ3) is 3.10. The average molecular weight is 390 g/mol. The molecule has 0 N–H and O–H groups in total. The van der Waals surface area contributed by atoms with Crippen LogP contribution in [0.2, 0.25) is 0 Å². The molecule has 0 saturated heterocycles. The SMILES string of the molecule is C#Cc1ccc(C2(c3nc4ccccc4s3)C=CC(c3ccccc3)=CC2)cc1. The van der Waals surface area contributed by atoms with Crippen LogP contribution in [-0.2, 0) is 5.41 Å². The van der Waals surface area contributed by atoms with Crippen molar-refractivity contribution < 1.29 is 0 Å². The Hall–Kier alpha value is -3.41. The number of aromatic nitrogens is 1. The first-order chi connectivity index (χ1) is 14.3. The standard InChI is InChI=1S/C27H19NS/c1-2-20-12-14-23(15-13-20)27(26-28-24-10-6-7-11-25(24)29-26)18-16-22(17-19-27)21-8-4-3-5-9-21/h1,3-18H,19H2.